The Hall–Kier alpha value is -2.68. The third-order valence-corrected chi connectivity index (χ3v) is 5.33. The maximum absolute atomic E-state index is 12.5. The van der Waals surface area contributed by atoms with Gasteiger partial charge in [-0.3, -0.25) is 14.5 Å². The number of anilines is 1. The molecule has 3 aliphatic rings. The first-order valence-electron chi connectivity index (χ1n) is 8.32. The van der Waals surface area contributed by atoms with E-state index in [-0.39, 0.29) is 35.5 Å². The highest BCUT2D eigenvalue weighted by molar-refractivity contribution is 6.06. The maximum atomic E-state index is 12.5. The minimum atomic E-state index is -0.108. The number of imide groups is 1. The van der Waals surface area contributed by atoms with Crippen molar-refractivity contribution in [3.8, 4) is 6.07 Å². The van der Waals surface area contributed by atoms with Gasteiger partial charge in [0.25, 0.3) is 0 Å². The molecule has 1 aliphatic heterocycles. The molecule has 2 aliphatic carbocycles. The molecule has 1 aromatic rings. The van der Waals surface area contributed by atoms with Crippen LogP contribution in [-0.2, 0) is 9.59 Å². The fraction of sp³-hybridized carbons (Fsp3) is 0.444. The molecule has 6 nitrogen and oxygen atoms in total. The molecule has 0 unspecified atom stereocenters. The summed E-state index contributed by atoms with van der Waals surface area (Å²) in [4.78, 5) is 30.5. The summed E-state index contributed by atoms with van der Waals surface area (Å²) >= 11 is 0. The highest BCUT2D eigenvalue weighted by Gasteiger charge is 2.58. The standard InChI is InChI=1S/C18H18N4O2/c19-9-13-4-5-14(10-21-13)20-6-1-7-22-17(23)15-11-2-3-12(8-11)16(15)18(22)24/h2-5,10-12,15-16,20H,1,6-8H2/t11-,12-,15-,16+/m0/s1. The van der Waals surface area contributed by atoms with Crippen LogP contribution in [0, 0.1) is 35.0 Å². The van der Waals surface area contributed by atoms with Crippen molar-refractivity contribution >= 4 is 17.5 Å². The molecule has 4 rings (SSSR count). The Labute approximate surface area is 140 Å². The van der Waals surface area contributed by atoms with E-state index in [1.54, 1.807) is 18.3 Å². The summed E-state index contributed by atoms with van der Waals surface area (Å²) in [6, 6.07) is 5.42. The number of hydrogen-bond donors (Lipinski definition) is 1. The predicted octanol–water partition coefficient (Wildman–Crippen LogP) is 1.56. The number of nitrogens with one attached hydrogen (secondary N) is 1. The van der Waals surface area contributed by atoms with E-state index in [4.69, 9.17) is 5.26 Å². The van der Waals surface area contributed by atoms with Gasteiger partial charge in [0, 0.05) is 13.1 Å². The van der Waals surface area contributed by atoms with Gasteiger partial charge in [0.1, 0.15) is 11.8 Å². The van der Waals surface area contributed by atoms with Crippen molar-refractivity contribution in [2.24, 2.45) is 23.7 Å². The quantitative estimate of drug-likeness (QED) is 0.505. The summed E-state index contributed by atoms with van der Waals surface area (Å²) in [7, 11) is 0. The Balaban J connectivity index is 1.30. The van der Waals surface area contributed by atoms with Crippen LogP contribution in [0.25, 0.3) is 0 Å². The van der Waals surface area contributed by atoms with Crippen LogP contribution in [0.5, 0.6) is 0 Å². The van der Waals surface area contributed by atoms with Gasteiger partial charge < -0.3 is 5.32 Å². The van der Waals surface area contributed by atoms with Crippen LogP contribution in [-0.4, -0.2) is 34.8 Å². The highest BCUT2D eigenvalue weighted by Crippen LogP contribution is 2.52. The van der Waals surface area contributed by atoms with E-state index in [1.165, 1.54) is 4.90 Å². The minimum absolute atomic E-state index is 0.0156. The zero-order chi connectivity index (χ0) is 16.7. The second-order valence-electron chi connectivity index (χ2n) is 6.65. The molecule has 0 radical (unpaired) electrons. The molecule has 1 aromatic heterocycles. The number of carbonyl (C=O) groups is 2. The van der Waals surface area contributed by atoms with E-state index >= 15 is 0 Å². The normalized spacial score (nSPS) is 29.9. The molecular weight excluding hydrogens is 304 g/mol. The van der Waals surface area contributed by atoms with E-state index in [0.29, 0.717) is 25.2 Å². The van der Waals surface area contributed by atoms with Gasteiger partial charge in [0.15, 0.2) is 0 Å². The summed E-state index contributed by atoms with van der Waals surface area (Å²) < 4.78 is 0. The van der Waals surface area contributed by atoms with Gasteiger partial charge in [0.2, 0.25) is 11.8 Å². The molecule has 24 heavy (non-hydrogen) atoms. The number of likely N-dealkylation sites (tertiary alicyclic amines) is 1. The van der Waals surface area contributed by atoms with Crippen LogP contribution in [0.15, 0.2) is 30.5 Å². The number of nitriles is 1. The van der Waals surface area contributed by atoms with E-state index in [2.05, 4.69) is 22.5 Å². The summed E-state index contributed by atoms with van der Waals surface area (Å²) in [5.41, 5.74) is 1.20. The number of allylic oxidation sites excluding steroid dienone is 2. The molecular formula is C18H18N4O2. The minimum Gasteiger partial charge on any atom is -0.384 e. The number of rotatable bonds is 5. The Bertz CT molecular complexity index is 719. The van der Waals surface area contributed by atoms with E-state index in [9.17, 15) is 9.59 Å². The summed E-state index contributed by atoms with van der Waals surface area (Å²) in [5.74, 6) is 0.351. The molecule has 1 saturated heterocycles. The number of fused-ring (bicyclic) bond motifs is 5. The van der Waals surface area contributed by atoms with Crippen LogP contribution in [0.4, 0.5) is 5.69 Å². The van der Waals surface area contributed by atoms with Crippen LogP contribution in [0.1, 0.15) is 18.5 Å². The topological polar surface area (TPSA) is 86.1 Å². The Kier molecular flexibility index (Phi) is 3.57. The molecule has 0 aromatic carbocycles. The molecule has 1 saturated carbocycles. The number of nitrogens with zero attached hydrogens (tertiary/aromatic N) is 3. The van der Waals surface area contributed by atoms with Crippen molar-refractivity contribution in [1.82, 2.24) is 9.88 Å². The molecule has 2 fully saturated rings. The summed E-state index contributed by atoms with van der Waals surface area (Å²) in [5, 5.41) is 11.9. The molecule has 2 heterocycles. The van der Waals surface area contributed by atoms with E-state index in [0.717, 1.165) is 12.1 Å². The summed E-state index contributed by atoms with van der Waals surface area (Å²) in [6.45, 7) is 1.10. The molecule has 2 bridgehead atoms. The number of carbonyl (C=O) groups excluding carboxylic acids is 2. The smallest absolute Gasteiger partial charge is 0.233 e. The van der Waals surface area contributed by atoms with Crippen LogP contribution in [0.2, 0.25) is 0 Å². The van der Waals surface area contributed by atoms with Gasteiger partial charge in [-0.25, -0.2) is 4.98 Å². The molecule has 6 heteroatoms. The zero-order valence-corrected chi connectivity index (χ0v) is 13.2. The molecule has 1 N–H and O–H groups in total. The number of aromatic nitrogens is 1. The van der Waals surface area contributed by atoms with Crippen molar-refractivity contribution in [2.45, 2.75) is 12.8 Å². The number of pyridine rings is 1. The van der Waals surface area contributed by atoms with Gasteiger partial charge in [-0.1, -0.05) is 12.2 Å². The maximum Gasteiger partial charge on any atom is 0.233 e. The lowest BCUT2D eigenvalue weighted by molar-refractivity contribution is -0.140. The van der Waals surface area contributed by atoms with Gasteiger partial charge >= 0.3 is 0 Å². The van der Waals surface area contributed by atoms with Crippen molar-refractivity contribution < 1.29 is 9.59 Å². The second kappa shape index (κ2) is 5.75. The molecule has 4 atom stereocenters. The van der Waals surface area contributed by atoms with Crippen LogP contribution in [0.3, 0.4) is 0 Å². The van der Waals surface area contributed by atoms with Crippen molar-refractivity contribution in [3.05, 3.63) is 36.2 Å². The Morgan fingerprint density at radius 2 is 1.92 bits per heavy atom. The first kappa shape index (κ1) is 14.9. The number of hydrogen-bond acceptors (Lipinski definition) is 5. The number of amides is 2. The SMILES string of the molecule is N#Cc1ccc(NCCCN2C(=O)[C@@H]3[C@H](C2=O)[C@H]2C=C[C@H]3C2)cn1. The zero-order valence-electron chi connectivity index (χ0n) is 13.2. The van der Waals surface area contributed by atoms with E-state index < -0.39 is 0 Å². The molecule has 0 spiro atoms. The lowest BCUT2D eigenvalue weighted by atomic mass is 9.85. The van der Waals surface area contributed by atoms with Crippen LogP contribution >= 0.6 is 0 Å². The first-order valence-corrected chi connectivity index (χ1v) is 8.32. The van der Waals surface area contributed by atoms with Crippen LogP contribution < -0.4 is 5.32 Å². The lowest BCUT2D eigenvalue weighted by Gasteiger charge is -2.17. The monoisotopic (exact) mass is 322 g/mol. The van der Waals surface area contributed by atoms with Crippen molar-refractivity contribution in [1.29, 1.82) is 5.26 Å². The van der Waals surface area contributed by atoms with Crippen molar-refractivity contribution in [2.75, 3.05) is 18.4 Å². The second-order valence-corrected chi connectivity index (χ2v) is 6.65. The van der Waals surface area contributed by atoms with Gasteiger partial charge in [-0.2, -0.15) is 5.26 Å². The third-order valence-electron chi connectivity index (χ3n) is 5.33. The fourth-order valence-corrected chi connectivity index (χ4v) is 4.22. The average Bonchev–Trinajstić information content (AvgIpc) is 3.28. The predicted molar refractivity (Wildman–Crippen MR) is 86.5 cm³/mol. The van der Waals surface area contributed by atoms with Gasteiger partial charge in [-0.05, 0) is 36.8 Å². The first-order chi connectivity index (χ1) is 11.7. The molecule has 2 amide bonds. The third kappa shape index (κ3) is 2.28. The van der Waals surface area contributed by atoms with Crippen molar-refractivity contribution in [3.63, 3.8) is 0 Å². The Morgan fingerprint density at radius 1 is 1.21 bits per heavy atom. The average molecular weight is 322 g/mol. The van der Waals surface area contributed by atoms with Gasteiger partial charge in [0.05, 0.1) is 23.7 Å². The van der Waals surface area contributed by atoms with E-state index in [1.807, 2.05) is 6.07 Å². The highest BCUT2D eigenvalue weighted by atomic mass is 16.2. The summed E-state index contributed by atoms with van der Waals surface area (Å²) in [6.07, 6.45) is 7.49. The molecule has 122 valence electrons. The fourth-order valence-electron chi connectivity index (χ4n) is 4.22. The van der Waals surface area contributed by atoms with Gasteiger partial charge in [-0.15, -0.1) is 0 Å². The Morgan fingerprint density at radius 3 is 2.50 bits per heavy atom. The lowest BCUT2D eigenvalue weighted by Crippen LogP contribution is -2.34. The largest absolute Gasteiger partial charge is 0.384 e.